The van der Waals surface area contributed by atoms with E-state index in [9.17, 15) is 18.0 Å². The molecule has 0 aliphatic heterocycles. The van der Waals surface area contributed by atoms with Crippen LogP contribution in [-0.2, 0) is 4.74 Å². The molecule has 106 valence electrons. The van der Waals surface area contributed by atoms with E-state index in [1.807, 2.05) is 22.6 Å². The molecule has 0 aromatic heterocycles. The molecular weight excluding hydrogens is 442 g/mol. The van der Waals surface area contributed by atoms with E-state index >= 15 is 0 Å². The fourth-order valence-corrected chi connectivity index (χ4v) is 2.13. The van der Waals surface area contributed by atoms with E-state index in [0.717, 1.165) is 8.04 Å². The second kappa shape index (κ2) is 7.44. The Morgan fingerprint density at radius 3 is 2.74 bits per heavy atom. The van der Waals surface area contributed by atoms with Crippen molar-refractivity contribution in [2.75, 3.05) is 19.8 Å². The highest BCUT2D eigenvalue weighted by atomic mass is 127. The van der Waals surface area contributed by atoms with Crippen molar-refractivity contribution < 1.29 is 22.7 Å². The lowest BCUT2D eigenvalue weighted by Crippen LogP contribution is -2.29. The Kier molecular flexibility index (Phi) is 6.54. The van der Waals surface area contributed by atoms with Gasteiger partial charge in [0, 0.05) is 14.6 Å². The SMILES string of the molecule is O=C(NCCOCC(F)(F)F)c1cc(Br)ccc1I. The zero-order valence-electron chi connectivity index (χ0n) is 9.56. The van der Waals surface area contributed by atoms with E-state index < -0.39 is 12.8 Å². The summed E-state index contributed by atoms with van der Waals surface area (Å²) in [6, 6.07) is 5.21. The van der Waals surface area contributed by atoms with Crippen molar-refractivity contribution in [1.29, 1.82) is 0 Å². The highest BCUT2D eigenvalue weighted by Gasteiger charge is 2.27. The quantitative estimate of drug-likeness (QED) is 0.550. The van der Waals surface area contributed by atoms with E-state index in [1.54, 1.807) is 18.2 Å². The summed E-state index contributed by atoms with van der Waals surface area (Å²) in [5, 5.41) is 2.50. The molecular formula is C11H10BrF3INO2. The van der Waals surface area contributed by atoms with Gasteiger partial charge < -0.3 is 10.1 Å². The van der Waals surface area contributed by atoms with Gasteiger partial charge in [-0.1, -0.05) is 15.9 Å². The second-order valence-electron chi connectivity index (χ2n) is 3.55. The lowest BCUT2D eigenvalue weighted by molar-refractivity contribution is -0.173. The minimum atomic E-state index is -4.34. The van der Waals surface area contributed by atoms with Gasteiger partial charge in [-0.15, -0.1) is 0 Å². The molecule has 19 heavy (non-hydrogen) atoms. The predicted octanol–water partition coefficient (Wildman–Crippen LogP) is 3.36. The summed E-state index contributed by atoms with van der Waals surface area (Å²) >= 11 is 5.26. The molecule has 3 nitrogen and oxygen atoms in total. The van der Waals surface area contributed by atoms with Gasteiger partial charge in [0.2, 0.25) is 0 Å². The fraction of sp³-hybridized carbons (Fsp3) is 0.364. The van der Waals surface area contributed by atoms with E-state index in [1.165, 1.54) is 0 Å². The lowest BCUT2D eigenvalue weighted by atomic mass is 10.2. The number of nitrogens with one attached hydrogen (secondary N) is 1. The average molecular weight is 452 g/mol. The average Bonchev–Trinajstić information content (AvgIpc) is 2.30. The third-order valence-corrected chi connectivity index (χ3v) is 3.40. The molecule has 0 heterocycles. The molecule has 0 saturated carbocycles. The minimum absolute atomic E-state index is 0.0253. The summed E-state index contributed by atoms with van der Waals surface area (Å²) < 4.78 is 41.3. The first-order chi connectivity index (χ1) is 8.79. The van der Waals surface area contributed by atoms with E-state index in [4.69, 9.17) is 0 Å². The molecule has 1 rings (SSSR count). The Morgan fingerprint density at radius 1 is 1.42 bits per heavy atom. The Bertz CT molecular complexity index is 454. The third-order valence-electron chi connectivity index (χ3n) is 1.97. The van der Waals surface area contributed by atoms with Gasteiger partial charge in [-0.3, -0.25) is 4.79 Å². The van der Waals surface area contributed by atoms with Crippen molar-refractivity contribution in [3.05, 3.63) is 31.8 Å². The van der Waals surface area contributed by atoms with Crippen molar-refractivity contribution in [2.45, 2.75) is 6.18 Å². The number of hydrogen-bond donors (Lipinski definition) is 1. The molecule has 0 unspecified atom stereocenters. The summed E-state index contributed by atoms with van der Waals surface area (Å²) in [6.07, 6.45) is -4.34. The molecule has 1 aromatic rings. The molecule has 1 aromatic carbocycles. The summed E-state index contributed by atoms with van der Waals surface area (Å²) in [5.41, 5.74) is 0.464. The zero-order valence-corrected chi connectivity index (χ0v) is 13.3. The van der Waals surface area contributed by atoms with Crippen LogP contribution in [0.3, 0.4) is 0 Å². The molecule has 0 atom stereocenters. The monoisotopic (exact) mass is 451 g/mol. The maximum absolute atomic E-state index is 11.8. The summed E-state index contributed by atoms with van der Waals surface area (Å²) in [4.78, 5) is 11.8. The van der Waals surface area contributed by atoms with Gasteiger partial charge in [0.15, 0.2) is 0 Å². The topological polar surface area (TPSA) is 38.3 Å². The van der Waals surface area contributed by atoms with Gasteiger partial charge >= 0.3 is 6.18 Å². The van der Waals surface area contributed by atoms with Gasteiger partial charge in [-0.25, -0.2) is 0 Å². The summed E-state index contributed by atoms with van der Waals surface area (Å²) in [7, 11) is 0. The van der Waals surface area contributed by atoms with Crippen molar-refractivity contribution in [1.82, 2.24) is 5.32 Å². The molecule has 0 aliphatic carbocycles. The Labute approximate surface area is 130 Å². The van der Waals surface area contributed by atoms with Crippen LogP contribution in [0.15, 0.2) is 22.7 Å². The van der Waals surface area contributed by atoms with E-state index in [0.29, 0.717) is 5.56 Å². The van der Waals surface area contributed by atoms with E-state index in [2.05, 4.69) is 26.0 Å². The normalized spacial score (nSPS) is 11.4. The summed E-state index contributed by atoms with van der Waals surface area (Å²) in [5.74, 6) is -0.346. The number of benzene rings is 1. The number of ether oxygens (including phenoxy) is 1. The van der Waals surface area contributed by atoms with Crippen LogP contribution in [0.4, 0.5) is 13.2 Å². The highest BCUT2D eigenvalue weighted by Crippen LogP contribution is 2.18. The van der Waals surface area contributed by atoms with Crippen molar-refractivity contribution in [3.8, 4) is 0 Å². The van der Waals surface area contributed by atoms with Crippen LogP contribution in [0.5, 0.6) is 0 Å². The Balaban J connectivity index is 2.38. The molecule has 8 heteroatoms. The van der Waals surface area contributed by atoms with Crippen molar-refractivity contribution >= 4 is 44.4 Å². The Hall–Kier alpha value is -0.350. The van der Waals surface area contributed by atoms with Gasteiger partial charge in [-0.2, -0.15) is 13.2 Å². The largest absolute Gasteiger partial charge is 0.411 e. The van der Waals surface area contributed by atoms with Crippen molar-refractivity contribution in [3.63, 3.8) is 0 Å². The first-order valence-electron chi connectivity index (χ1n) is 5.17. The van der Waals surface area contributed by atoms with Crippen LogP contribution in [-0.4, -0.2) is 31.8 Å². The standard InChI is InChI=1S/C11H10BrF3INO2/c12-7-1-2-9(16)8(5-7)10(18)17-3-4-19-6-11(13,14)15/h1-2,5H,3-4,6H2,(H,17,18). The second-order valence-corrected chi connectivity index (χ2v) is 5.63. The smallest absolute Gasteiger partial charge is 0.370 e. The maximum Gasteiger partial charge on any atom is 0.411 e. The van der Waals surface area contributed by atoms with Crippen LogP contribution in [0, 0.1) is 3.57 Å². The number of hydrogen-bond acceptors (Lipinski definition) is 2. The number of carbonyl (C=O) groups is 1. The fourth-order valence-electron chi connectivity index (χ4n) is 1.19. The lowest BCUT2D eigenvalue weighted by Gasteiger charge is -2.09. The predicted molar refractivity (Wildman–Crippen MR) is 76.1 cm³/mol. The number of alkyl halides is 3. The van der Waals surface area contributed by atoms with Crippen LogP contribution in [0.25, 0.3) is 0 Å². The van der Waals surface area contributed by atoms with Crippen LogP contribution < -0.4 is 5.32 Å². The van der Waals surface area contributed by atoms with Gasteiger partial charge in [-0.05, 0) is 40.8 Å². The molecule has 0 spiro atoms. The Morgan fingerprint density at radius 2 is 2.11 bits per heavy atom. The highest BCUT2D eigenvalue weighted by molar-refractivity contribution is 14.1. The molecule has 0 bridgehead atoms. The molecule has 0 radical (unpaired) electrons. The maximum atomic E-state index is 11.8. The molecule has 0 saturated heterocycles. The number of amides is 1. The van der Waals surface area contributed by atoms with E-state index in [-0.39, 0.29) is 19.1 Å². The molecule has 1 N–H and O–H groups in total. The first-order valence-corrected chi connectivity index (χ1v) is 7.04. The first kappa shape index (κ1) is 16.7. The number of halogens is 5. The molecule has 0 aliphatic rings. The number of rotatable bonds is 5. The van der Waals surface area contributed by atoms with Gasteiger partial charge in [0.05, 0.1) is 12.2 Å². The zero-order chi connectivity index (χ0) is 14.5. The van der Waals surface area contributed by atoms with Crippen LogP contribution in [0.1, 0.15) is 10.4 Å². The van der Waals surface area contributed by atoms with Gasteiger partial charge in [0.1, 0.15) is 6.61 Å². The van der Waals surface area contributed by atoms with Gasteiger partial charge in [0.25, 0.3) is 5.91 Å². The van der Waals surface area contributed by atoms with Crippen LogP contribution in [0.2, 0.25) is 0 Å². The van der Waals surface area contributed by atoms with Crippen molar-refractivity contribution in [2.24, 2.45) is 0 Å². The molecule has 0 fully saturated rings. The summed E-state index contributed by atoms with van der Waals surface area (Å²) in [6.45, 7) is -1.47. The molecule has 1 amide bonds. The van der Waals surface area contributed by atoms with Crippen LogP contribution >= 0.6 is 38.5 Å². The number of carbonyl (C=O) groups excluding carboxylic acids is 1. The minimum Gasteiger partial charge on any atom is -0.370 e. The third kappa shape index (κ3) is 6.57.